The zero-order chi connectivity index (χ0) is 26.7. The fraction of sp³-hybridized carbons (Fsp3) is 0.290. The maximum absolute atomic E-state index is 13.5. The van der Waals surface area contributed by atoms with Crippen LogP contribution in [-0.4, -0.2) is 52.8 Å². The summed E-state index contributed by atoms with van der Waals surface area (Å²) >= 11 is 0. The highest BCUT2D eigenvalue weighted by Gasteiger charge is 2.22. The van der Waals surface area contributed by atoms with Crippen molar-refractivity contribution in [1.29, 1.82) is 0 Å². The van der Waals surface area contributed by atoms with E-state index in [1.807, 2.05) is 61.7 Å². The number of carbonyl (C=O) groups is 2. The van der Waals surface area contributed by atoms with Crippen LogP contribution < -0.4 is 0 Å². The number of fused-ring (bicyclic) bond motifs is 1. The molecule has 0 aliphatic carbocycles. The Labute approximate surface area is 223 Å². The molecule has 0 spiro atoms. The highest BCUT2D eigenvalue weighted by molar-refractivity contribution is 5.86. The molecule has 198 valence electrons. The molecule has 1 heterocycles. The summed E-state index contributed by atoms with van der Waals surface area (Å²) in [5.41, 5.74) is 3.99. The first-order chi connectivity index (χ1) is 18.5. The molecular formula is C31H34FN3O3. The monoisotopic (exact) mass is 515 g/mol. The Morgan fingerprint density at radius 3 is 2.34 bits per heavy atom. The summed E-state index contributed by atoms with van der Waals surface area (Å²) in [4.78, 5) is 33.1. The summed E-state index contributed by atoms with van der Waals surface area (Å²) < 4.78 is 19.1. The third-order valence-electron chi connectivity index (χ3n) is 6.47. The minimum absolute atomic E-state index is 0.0313. The number of para-hydroxylation sites is 1. The lowest BCUT2D eigenvalue weighted by Gasteiger charge is -2.28. The number of hydrogen-bond donors (Lipinski definition) is 1. The number of benzene rings is 3. The van der Waals surface area contributed by atoms with E-state index in [0.717, 1.165) is 34.0 Å². The van der Waals surface area contributed by atoms with Crippen LogP contribution in [0.2, 0.25) is 0 Å². The Hall–Kier alpha value is -3.97. The van der Waals surface area contributed by atoms with Crippen molar-refractivity contribution in [2.45, 2.75) is 32.9 Å². The van der Waals surface area contributed by atoms with Gasteiger partial charge < -0.3 is 19.5 Å². The number of H-pyrrole nitrogens is 1. The second-order valence-electron chi connectivity index (χ2n) is 9.34. The molecule has 0 atom stereocenters. The van der Waals surface area contributed by atoms with Gasteiger partial charge in [-0.2, -0.15) is 0 Å². The molecule has 0 bridgehead atoms. The minimum atomic E-state index is -0.319. The Morgan fingerprint density at radius 2 is 1.58 bits per heavy atom. The molecule has 0 aliphatic rings. The second kappa shape index (κ2) is 13.5. The Bertz CT molecular complexity index is 1320. The molecule has 0 aliphatic heterocycles. The first-order valence-electron chi connectivity index (χ1n) is 13.0. The fourth-order valence-electron chi connectivity index (χ4n) is 4.44. The van der Waals surface area contributed by atoms with Gasteiger partial charge in [-0.3, -0.25) is 9.59 Å². The molecule has 0 radical (unpaired) electrons. The molecule has 4 rings (SSSR count). The lowest BCUT2D eigenvalue weighted by atomic mass is 10.1. The number of rotatable bonds is 13. The summed E-state index contributed by atoms with van der Waals surface area (Å²) in [6, 6.07) is 23.9. The van der Waals surface area contributed by atoms with E-state index in [1.165, 1.54) is 12.1 Å². The van der Waals surface area contributed by atoms with E-state index in [-0.39, 0.29) is 30.8 Å². The molecule has 1 aromatic heterocycles. The van der Waals surface area contributed by atoms with Crippen LogP contribution in [0, 0.1) is 5.82 Å². The molecular weight excluding hydrogens is 481 g/mol. The molecule has 1 N–H and O–H groups in total. The quantitative estimate of drug-likeness (QED) is 0.262. The largest absolute Gasteiger partial charge is 0.367 e. The van der Waals surface area contributed by atoms with Gasteiger partial charge in [0.1, 0.15) is 12.4 Å². The van der Waals surface area contributed by atoms with Crippen molar-refractivity contribution >= 4 is 22.7 Å². The van der Waals surface area contributed by atoms with E-state index in [0.29, 0.717) is 32.7 Å². The zero-order valence-electron chi connectivity index (χ0n) is 21.7. The number of aromatic nitrogens is 1. The van der Waals surface area contributed by atoms with Crippen LogP contribution in [0.3, 0.4) is 0 Å². The fourth-order valence-corrected chi connectivity index (χ4v) is 4.44. The predicted octanol–water partition coefficient (Wildman–Crippen LogP) is 5.33. The third-order valence-corrected chi connectivity index (χ3v) is 6.47. The lowest BCUT2D eigenvalue weighted by molar-refractivity contribution is -0.143. The van der Waals surface area contributed by atoms with Gasteiger partial charge in [0.25, 0.3) is 0 Å². The average molecular weight is 516 g/mol. The van der Waals surface area contributed by atoms with Gasteiger partial charge in [-0.05, 0) is 47.7 Å². The van der Waals surface area contributed by atoms with Crippen molar-refractivity contribution in [2.24, 2.45) is 0 Å². The summed E-state index contributed by atoms with van der Waals surface area (Å²) in [6.07, 6.45) is 3.35. The molecule has 7 heteroatoms. The number of amides is 2. The standard InChI is InChI=1S/C31H34FN3O3/c1-2-17-34(31(37)23-38-22-25-8-4-3-5-9-25)21-30(36)35(20-24-12-14-27(32)15-13-24)18-16-26-19-33-29-11-7-6-10-28(26)29/h3-15,19,33H,2,16-18,20-23H2,1H3. The summed E-state index contributed by atoms with van der Waals surface area (Å²) in [5, 5.41) is 1.13. The molecule has 0 saturated carbocycles. The topological polar surface area (TPSA) is 65.6 Å². The van der Waals surface area contributed by atoms with Crippen molar-refractivity contribution in [2.75, 3.05) is 26.2 Å². The van der Waals surface area contributed by atoms with Crippen LogP contribution in [-0.2, 0) is 33.9 Å². The van der Waals surface area contributed by atoms with Crippen LogP contribution in [0.4, 0.5) is 4.39 Å². The normalized spacial score (nSPS) is 11.0. The highest BCUT2D eigenvalue weighted by atomic mass is 19.1. The van der Waals surface area contributed by atoms with Gasteiger partial charge in [0.15, 0.2) is 0 Å². The van der Waals surface area contributed by atoms with Crippen LogP contribution in [0.15, 0.2) is 85.1 Å². The number of carbonyl (C=O) groups excluding carboxylic acids is 2. The predicted molar refractivity (Wildman–Crippen MR) is 147 cm³/mol. The van der Waals surface area contributed by atoms with Gasteiger partial charge in [0, 0.05) is 36.7 Å². The number of hydrogen-bond acceptors (Lipinski definition) is 3. The Balaban J connectivity index is 1.42. The first kappa shape index (κ1) is 27.1. The van der Waals surface area contributed by atoms with Crippen molar-refractivity contribution in [3.8, 4) is 0 Å². The molecule has 0 fully saturated rings. The first-order valence-corrected chi connectivity index (χ1v) is 13.0. The average Bonchev–Trinajstić information content (AvgIpc) is 3.35. The number of aromatic amines is 1. The summed E-state index contributed by atoms with van der Waals surface area (Å²) in [5.74, 6) is -0.686. The van der Waals surface area contributed by atoms with E-state index in [4.69, 9.17) is 4.74 Å². The molecule has 0 saturated heterocycles. The van der Waals surface area contributed by atoms with Gasteiger partial charge in [0.05, 0.1) is 13.2 Å². The lowest BCUT2D eigenvalue weighted by Crippen LogP contribution is -2.44. The molecule has 4 aromatic rings. The number of ether oxygens (including phenoxy) is 1. The van der Waals surface area contributed by atoms with Crippen molar-refractivity contribution < 1.29 is 18.7 Å². The highest BCUT2D eigenvalue weighted by Crippen LogP contribution is 2.19. The van der Waals surface area contributed by atoms with E-state index < -0.39 is 0 Å². The molecule has 6 nitrogen and oxygen atoms in total. The van der Waals surface area contributed by atoms with Crippen LogP contribution in [0.5, 0.6) is 0 Å². The Kier molecular flexibility index (Phi) is 9.65. The SMILES string of the molecule is CCCN(CC(=O)N(CCc1c[nH]c2ccccc12)Cc1ccc(F)cc1)C(=O)COCc1ccccc1. The van der Waals surface area contributed by atoms with Gasteiger partial charge >= 0.3 is 0 Å². The van der Waals surface area contributed by atoms with Crippen LogP contribution in [0.1, 0.15) is 30.0 Å². The second-order valence-corrected chi connectivity index (χ2v) is 9.34. The minimum Gasteiger partial charge on any atom is -0.367 e. The number of halogens is 1. The molecule has 2 amide bonds. The van der Waals surface area contributed by atoms with E-state index in [2.05, 4.69) is 11.1 Å². The van der Waals surface area contributed by atoms with E-state index >= 15 is 0 Å². The van der Waals surface area contributed by atoms with Crippen LogP contribution in [0.25, 0.3) is 10.9 Å². The maximum Gasteiger partial charge on any atom is 0.249 e. The van der Waals surface area contributed by atoms with Crippen molar-refractivity contribution in [1.82, 2.24) is 14.8 Å². The summed E-state index contributed by atoms with van der Waals surface area (Å²) in [6.45, 7) is 3.46. The Morgan fingerprint density at radius 1 is 0.842 bits per heavy atom. The smallest absolute Gasteiger partial charge is 0.249 e. The van der Waals surface area contributed by atoms with Gasteiger partial charge in [-0.1, -0.05) is 67.6 Å². The van der Waals surface area contributed by atoms with Crippen molar-refractivity contribution in [3.63, 3.8) is 0 Å². The molecule has 0 unspecified atom stereocenters. The number of nitrogens with one attached hydrogen (secondary N) is 1. The zero-order valence-corrected chi connectivity index (χ0v) is 21.7. The van der Waals surface area contributed by atoms with Gasteiger partial charge in [-0.25, -0.2) is 4.39 Å². The molecule has 38 heavy (non-hydrogen) atoms. The van der Waals surface area contributed by atoms with Crippen molar-refractivity contribution in [3.05, 3.63) is 108 Å². The van der Waals surface area contributed by atoms with E-state index in [1.54, 1.807) is 21.9 Å². The molecule has 3 aromatic carbocycles. The maximum atomic E-state index is 13.5. The third kappa shape index (κ3) is 7.52. The summed E-state index contributed by atoms with van der Waals surface area (Å²) in [7, 11) is 0. The van der Waals surface area contributed by atoms with Crippen LogP contribution >= 0.6 is 0 Å². The van der Waals surface area contributed by atoms with Gasteiger partial charge in [0.2, 0.25) is 11.8 Å². The number of nitrogens with zero attached hydrogens (tertiary/aromatic N) is 2. The van der Waals surface area contributed by atoms with Gasteiger partial charge in [-0.15, -0.1) is 0 Å². The van der Waals surface area contributed by atoms with E-state index in [9.17, 15) is 14.0 Å².